The standard InChI is InChI=1S/C12H17F3N4/c1-3-16-11-17-9(12(13,14)15)7-10(18-11)19(4-2)8-5-6-8/h7-8H,3-6H2,1-2H3,(H,16,17,18). The van der Waals surface area contributed by atoms with Crippen LogP contribution in [-0.2, 0) is 6.18 Å². The van der Waals surface area contributed by atoms with E-state index in [1.807, 2.05) is 11.8 Å². The van der Waals surface area contributed by atoms with Gasteiger partial charge in [-0.2, -0.15) is 18.2 Å². The number of hydrogen-bond acceptors (Lipinski definition) is 4. The van der Waals surface area contributed by atoms with Crippen molar-refractivity contribution in [1.29, 1.82) is 0 Å². The average molecular weight is 274 g/mol. The summed E-state index contributed by atoms with van der Waals surface area (Å²) in [7, 11) is 0. The summed E-state index contributed by atoms with van der Waals surface area (Å²) in [5.41, 5.74) is -0.896. The summed E-state index contributed by atoms with van der Waals surface area (Å²) in [6, 6.07) is 1.35. The van der Waals surface area contributed by atoms with E-state index >= 15 is 0 Å². The Morgan fingerprint density at radius 3 is 2.47 bits per heavy atom. The number of alkyl halides is 3. The molecule has 0 radical (unpaired) electrons. The summed E-state index contributed by atoms with van der Waals surface area (Å²) in [6.45, 7) is 4.84. The van der Waals surface area contributed by atoms with Gasteiger partial charge in [-0.1, -0.05) is 0 Å². The van der Waals surface area contributed by atoms with Crippen LogP contribution in [0.3, 0.4) is 0 Å². The van der Waals surface area contributed by atoms with E-state index in [0.717, 1.165) is 18.9 Å². The molecule has 0 unspecified atom stereocenters. The van der Waals surface area contributed by atoms with Crippen molar-refractivity contribution in [1.82, 2.24) is 9.97 Å². The lowest BCUT2D eigenvalue weighted by Gasteiger charge is -2.23. The van der Waals surface area contributed by atoms with Gasteiger partial charge < -0.3 is 10.2 Å². The Kier molecular flexibility index (Phi) is 3.82. The summed E-state index contributed by atoms with van der Waals surface area (Å²) in [4.78, 5) is 9.59. The van der Waals surface area contributed by atoms with Crippen LogP contribution < -0.4 is 10.2 Å². The fraction of sp³-hybridized carbons (Fsp3) is 0.667. The Balaban J connectivity index is 2.38. The van der Waals surface area contributed by atoms with Crippen LogP contribution in [0.15, 0.2) is 6.07 Å². The van der Waals surface area contributed by atoms with Gasteiger partial charge in [-0.25, -0.2) is 4.98 Å². The first-order valence-corrected chi connectivity index (χ1v) is 6.42. The summed E-state index contributed by atoms with van der Waals surface area (Å²) >= 11 is 0. The molecule has 1 aromatic rings. The number of halogens is 3. The van der Waals surface area contributed by atoms with Crippen molar-refractivity contribution in [2.24, 2.45) is 0 Å². The summed E-state index contributed by atoms with van der Waals surface area (Å²) in [6.07, 6.45) is -2.43. The average Bonchev–Trinajstić information content (AvgIpc) is 3.13. The molecule has 0 aromatic carbocycles. The number of nitrogens with one attached hydrogen (secondary N) is 1. The monoisotopic (exact) mass is 274 g/mol. The smallest absolute Gasteiger partial charge is 0.354 e. The zero-order valence-electron chi connectivity index (χ0n) is 11.0. The van der Waals surface area contributed by atoms with Crippen LogP contribution in [0, 0.1) is 0 Å². The number of nitrogens with zero attached hydrogens (tertiary/aromatic N) is 3. The Morgan fingerprint density at radius 1 is 1.32 bits per heavy atom. The van der Waals surface area contributed by atoms with Crippen molar-refractivity contribution in [3.05, 3.63) is 11.8 Å². The summed E-state index contributed by atoms with van der Waals surface area (Å²) in [5.74, 6) is 0.384. The first-order valence-electron chi connectivity index (χ1n) is 6.42. The third-order valence-corrected chi connectivity index (χ3v) is 2.96. The molecule has 1 heterocycles. The van der Waals surface area contributed by atoms with Crippen molar-refractivity contribution in [3.8, 4) is 0 Å². The second-order valence-electron chi connectivity index (χ2n) is 4.48. The molecule has 0 atom stereocenters. The van der Waals surface area contributed by atoms with Gasteiger partial charge in [-0.05, 0) is 26.7 Å². The summed E-state index contributed by atoms with van der Waals surface area (Å²) < 4.78 is 38.5. The Hall–Kier alpha value is -1.53. The van der Waals surface area contributed by atoms with Gasteiger partial charge in [-0.15, -0.1) is 0 Å². The molecule has 1 aromatic heterocycles. The minimum atomic E-state index is -4.45. The van der Waals surface area contributed by atoms with Gasteiger partial charge in [0.05, 0.1) is 0 Å². The third kappa shape index (κ3) is 3.27. The molecule has 0 bridgehead atoms. The molecule has 0 spiro atoms. The zero-order valence-corrected chi connectivity index (χ0v) is 11.0. The van der Waals surface area contributed by atoms with E-state index in [1.165, 1.54) is 0 Å². The molecule has 106 valence electrons. The highest BCUT2D eigenvalue weighted by molar-refractivity contribution is 5.47. The fourth-order valence-electron chi connectivity index (χ4n) is 1.96. The zero-order chi connectivity index (χ0) is 14.0. The predicted molar refractivity (Wildman–Crippen MR) is 67.2 cm³/mol. The topological polar surface area (TPSA) is 41.1 Å². The van der Waals surface area contributed by atoms with Gasteiger partial charge in [0.25, 0.3) is 0 Å². The van der Waals surface area contributed by atoms with Crippen molar-refractivity contribution >= 4 is 11.8 Å². The highest BCUT2D eigenvalue weighted by atomic mass is 19.4. The maximum atomic E-state index is 12.8. The van der Waals surface area contributed by atoms with E-state index in [2.05, 4.69) is 15.3 Å². The van der Waals surface area contributed by atoms with E-state index < -0.39 is 11.9 Å². The normalized spacial score (nSPS) is 15.4. The summed E-state index contributed by atoms with van der Waals surface area (Å²) in [5, 5.41) is 2.75. The maximum Gasteiger partial charge on any atom is 0.433 e. The van der Waals surface area contributed by atoms with Crippen LogP contribution in [0.5, 0.6) is 0 Å². The Morgan fingerprint density at radius 2 is 2.00 bits per heavy atom. The molecular formula is C12H17F3N4. The number of anilines is 2. The third-order valence-electron chi connectivity index (χ3n) is 2.96. The number of aromatic nitrogens is 2. The predicted octanol–water partition coefficient (Wildman–Crippen LogP) is 2.92. The maximum absolute atomic E-state index is 12.8. The molecule has 4 nitrogen and oxygen atoms in total. The van der Waals surface area contributed by atoms with Gasteiger partial charge in [0.2, 0.25) is 5.95 Å². The minimum Gasteiger partial charge on any atom is -0.354 e. The van der Waals surface area contributed by atoms with Crippen molar-refractivity contribution in [3.63, 3.8) is 0 Å². The molecular weight excluding hydrogens is 257 g/mol. The SMILES string of the molecule is CCNc1nc(N(CC)C2CC2)cc(C(F)(F)F)n1. The van der Waals surface area contributed by atoms with Gasteiger partial charge in [-0.3, -0.25) is 0 Å². The van der Waals surface area contributed by atoms with E-state index in [4.69, 9.17) is 0 Å². The van der Waals surface area contributed by atoms with E-state index in [1.54, 1.807) is 6.92 Å². The molecule has 1 fully saturated rings. The van der Waals surface area contributed by atoms with Crippen LogP contribution in [-0.4, -0.2) is 29.1 Å². The van der Waals surface area contributed by atoms with E-state index in [0.29, 0.717) is 24.9 Å². The first kappa shape index (κ1) is 13.9. The van der Waals surface area contributed by atoms with Gasteiger partial charge in [0, 0.05) is 25.2 Å². The lowest BCUT2D eigenvalue weighted by molar-refractivity contribution is -0.141. The van der Waals surface area contributed by atoms with Crippen LogP contribution in [0.4, 0.5) is 24.9 Å². The first-order chi connectivity index (χ1) is 8.95. The Labute approximate surface area is 110 Å². The van der Waals surface area contributed by atoms with Gasteiger partial charge >= 0.3 is 6.18 Å². The lowest BCUT2D eigenvalue weighted by Crippen LogP contribution is -2.27. The molecule has 0 saturated heterocycles. The molecule has 0 amide bonds. The van der Waals surface area contributed by atoms with Gasteiger partial charge in [0.1, 0.15) is 5.82 Å². The molecule has 0 aliphatic heterocycles. The highest BCUT2D eigenvalue weighted by Gasteiger charge is 2.36. The lowest BCUT2D eigenvalue weighted by atomic mass is 10.3. The molecule has 19 heavy (non-hydrogen) atoms. The Bertz CT molecular complexity index is 443. The van der Waals surface area contributed by atoms with Crippen molar-refractivity contribution in [2.75, 3.05) is 23.3 Å². The minimum absolute atomic E-state index is 0.0337. The van der Waals surface area contributed by atoms with Crippen molar-refractivity contribution in [2.45, 2.75) is 38.9 Å². The highest BCUT2D eigenvalue weighted by Crippen LogP contribution is 2.34. The fourth-order valence-corrected chi connectivity index (χ4v) is 1.96. The number of hydrogen-bond donors (Lipinski definition) is 1. The number of rotatable bonds is 5. The van der Waals surface area contributed by atoms with E-state index in [9.17, 15) is 13.2 Å². The van der Waals surface area contributed by atoms with Crippen molar-refractivity contribution < 1.29 is 13.2 Å². The second-order valence-corrected chi connectivity index (χ2v) is 4.48. The van der Waals surface area contributed by atoms with E-state index in [-0.39, 0.29) is 5.95 Å². The van der Waals surface area contributed by atoms with Crippen LogP contribution in [0.25, 0.3) is 0 Å². The molecule has 1 aliphatic carbocycles. The van der Waals surface area contributed by atoms with Gasteiger partial charge in [0.15, 0.2) is 5.69 Å². The molecule has 7 heteroatoms. The van der Waals surface area contributed by atoms with Crippen LogP contribution >= 0.6 is 0 Å². The molecule has 1 saturated carbocycles. The van der Waals surface area contributed by atoms with Crippen LogP contribution in [0.1, 0.15) is 32.4 Å². The molecule has 1 N–H and O–H groups in total. The molecule has 1 aliphatic rings. The van der Waals surface area contributed by atoms with Crippen LogP contribution in [0.2, 0.25) is 0 Å². The largest absolute Gasteiger partial charge is 0.433 e. The second kappa shape index (κ2) is 5.22. The molecule has 2 rings (SSSR count). The quantitative estimate of drug-likeness (QED) is 0.896.